The smallest absolute Gasteiger partial charge is 0.349 e. The maximum atomic E-state index is 11.7. The van der Waals surface area contributed by atoms with Crippen molar-refractivity contribution in [2.24, 2.45) is 0 Å². The molecule has 0 saturated carbocycles. The van der Waals surface area contributed by atoms with Crippen LogP contribution in [0.3, 0.4) is 0 Å². The Morgan fingerprint density at radius 1 is 1.53 bits per heavy atom. The number of aryl methyl sites for hydroxylation is 1. The molecule has 0 aliphatic rings. The van der Waals surface area contributed by atoms with Crippen molar-refractivity contribution in [3.05, 3.63) is 27.5 Å². The van der Waals surface area contributed by atoms with E-state index in [1.54, 1.807) is 31.3 Å². The van der Waals surface area contributed by atoms with Crippen molar-refractivity contribution in [2.75, 3.05) is 0 Å². The Labute approximate surface area is 118 Å². The monoisotopic (exact) mass is 277 g/mol. The van der Waals surface area contributed by atoms with Crippen molar-refractivity contribution < 1.29 is 9.53 Å². The fourth-order valence-corrected chi connectivity index (χ4v) is 2.51. The minimum absolute atomic E-state index is 0.0533. The first-order valence-corrected chi connectivity index (χ1v) is 7.30. The first-order chi connectivity index (χ1) is 9.06. The zero-order valence-corrected chi connectivity index (χ0v) is 12.4. The Balaban J connectivity index is 2.78. The summed E-state index contributed by atoms with van der Waals surface area (Å²) in [6.07, 6.45) is 4.75. The third-order valence-electron chi connectivity index (χ3n) is 2.43. The van der Waals surface area contributed by atoms with Gasteiger partial charge >= 0.3 is 5.97 Å². The highest BCUT2D eigenvalue weighted by atomic mass is 32.1. The van der Waals surface area contributed by atoms with E-state index >= 15 is 0 Å². The lowest BCUT2D eigenvalue weighted by Crippen LogP contribution is -2.12. The SMILES string of the molecule is CCCCc1ccc(/C=C(\C#N)C(=O)OC(C)C)s1. The van der Waals surface area contributed by atoms with E-state index < -0.39 is 5.97 Å². The number of hydrogen-bond donors (Lipinski definition) is 0. The Bertz CT molecular complexity index is 494. The van der Waals surface area contributed by atoms with Gasteiger partial charge in [0, 0.05) is 9.75 Å². The zero-order valence-electron chi connectivity index (χ0n) is 11.6. The van der Waals surface area contributed by atoms with Crippen LogP contribution in [-0.4, -0.2) is 12.1 Å². The van der Waals surface area contributed by atoms with E-state index in [-0.39, 0.29) is 11.7 Å². The van der Waals surface area contributed by atoms with Crippen LogP contribution in [0.1, 0.15) is 43.4 Å². The normalized spacial score (nSPS) is 11.4. The molecular weight excluding hydrogens is 258 g/mol. The van der Waals surface area contributed by atoms with Crippen molar-refractivity contribution >= 4 is 23.4 Å². The van der Waals surface area contributed by atoms with Crippen LogP contribution < -0.4 is 0 Å². The van der Waals surface area contributed by atoms with E-state index in [2.05, 4.69) is 13.0 Å². The van der Waals surface area contributed by atoms with Crippen LogP contribution in [0, 0.1) is 11.3 Å². The molecule has 0 bridgehead atoms. The van der Waals surface area contributed by atoms with Gasteiger partial charge in [-0.15, -0.1) is 11.3 Å². The summed E-state index contributed by atoms with van der Waals surface area (Å²) < 4.78 is 5.02. The lowest BCUT2D eigenvalue weighted by Gasteiger charge is -2.05. The first-order valence-electron chi connectivity index (χ1n) is 6.48. The van der Waals surface area contributed by atoms with Gasteiger partial charge in [-0.05, 0) is 44.9 Å². The molecule has 0 aliphatic heterocycles. The van der Waals surface area contributed by atoms with Crippen molar-refractivity contribution in [3.8, 4) is 6.07 Å². The average Bonchev–Trinajstić information content (AvgIpc) is 2.80. The molecule has 0 unspecified atom stereocenters. The summed E-state index contributed by atoms with van der Waals surface area (Å²) in [5, 5.41) is 9.00. The van der Waals surface area contributed by atoms with E-state index in [9.17, 15) is 4.79 Å². The maximum Gasteiger partial charge on any atom is 0.349 e. The van der Waals surface area contributed by atoms with Crippen LogP contribution in [0.5, 0.6) is 0 Å². The minimum Gasteiger partial charge on any atom is -0.459 e. The fourth-order valence-electron chi connectivity index (χ4n) is 1.51. The molecule has 1 aromatic rings. The van der Waals surface area contributed by atoms with Gasteiger partial charge in [-0.25, -0.2) is 4.79 Å². The first kappa shape index (κ1) is 15.5. The summed E-state index contributed by atoms with van der Waals surface area (Å²) >= 11 is 1.62. The molecule has 0 amide bonds. The number of rotatable bonds is 6. The number of nitrogens with zero attached hydrogens (tertiary/aromatic N) is 1. The lowest BCUT2D eigenvalue weighted by atomic mass is 10.2. The van der Waals surface area contributed by atoms with E-state index in [1.165, 1.54) is 4.88 Å². The van der Waals surface area contributed by atoms with Crippen molar-refractivity contribution in [2.45, 2.75) is 46.1 Å². The van der Waals surface area contributed by atoms with Gasteiger partial charge in [-0.2, -0.15) is 5.26 Å². The quantitative estimate of drug-likeness (QED) is 0.449. The molecule has 1 heterocycles. The summed E-state index contributed by atoms with van der Waals surface area (Å²) in [7, 11) is 0. The van der Waals surface area contributed by atoms with Gasteiger partial charge in [-0.1, -0.05) is 13.3 Å². The van der Waals surface area contributed by atoms with Crippen molar-refractivity contribution in [1.82, 2.24) is 0 Å². The van der Waals surface area contributed by atoms with E-state index in [4.69, 9.17) is 10.00 Å². The predicted octanol–water partition coefficient (Wildman–Crippen LogP) is 3.95. The fraction of sp³-hybridized carbons (Fsp3) is 0.467. The summed E-state index contributed by atoms with van der Waals surface area (Å²) in [4.78, 5) is 13.9. The van der Waals surface area contributed by atoms with Gasteiger partial charge in [0.2, 0.25) is 0 Å². The molecule has 3 nitrogen and oxygen atoms in total. The molecule has 0 spiro atoms. The Kier molecular flexibility index (Phi) is 6.31. The molecule has 19 heavy (non-hydrogen) atoms. The van der Waals surface area contributed by atoms with Gasteiger partial charge in [0.25, 0.3) is 0 Å². The van der Waals surface area contributed by atoms with Gasteiger partial charge < -0.3 is 4.74 Å². The number of unbranched alkanes of at least 4 members (excludes halogenated alkanes) is 1. The Hall–Kier alpha value is -1.60. The molecule has 1 aromatic heterocycles. The lowest BCUT2D eigenvalue weighted by molar-refractivity contribution is -0.142. The van der Waals surface area contributed by atoms with Crippen molar-refractivity contribution in [1.29, 1.82) is 5.26 Å². The second kappa shape index (κ2) is 7.75. The molecule has 4 heteroatoms. The molecule has 0 N–H and O–H groups in total. The predicted molar refractivity (Wildman–Crippen MR) is 77.7 cm³/mol. The molecule has 0 radical (unpaired) electrons. The number of esters is 1. The van der Waals surface area contributed by atoms with Crippen LogP contribution in [-0.2, 0) is 16.0 Å². The highest BCUT2D eigenvalue weighted by Crippen LogP contribution is 2.21. The van der Waals surface area contributed by atoms with Crippen molar-refractivity contribution in [3.63, 3.8) is 0 Å². The van der Waals surface area contributed by atoms with Crippen LogP contribution in [0.2, 0.25) is 0 Å². The summed E-state index contributed by atoms with van der Waals surface area (Å²) in [5.74, 6) is -0.555. The van der Waals surface area contributed by atoms with Gasteiger partial charge in [0.15, 0.2) is 0 Å². The Morgan fingerprint density at radius 3 is 2.84 bits per heavy atom. The maximum absolute atomic E-state index is 11.7. The largest absolute Gasteiger partial charge is 0.459 e. The van der Waals surface area contributed by atoms with Gasteiger partial charge in [0.05, 0.1) is 6.10 Å². The second-order valence-electron chi connectivity index (χ2n) is 4.53. The van der Waals surface area contributed by atoms with Gasteiger partial charge in [0.1, 0.15) is 11.6 Å². The minimum atomic E-state index is -0.555. The van der Waals surface area contributed by atoms with E-state index in [0.29, 0.717) is 0 Å². The summed E-state index contributed by atoms with van der Waals surface area (Å²) in [5.41, 5.74) is 0.0533. The summed E-state index contributed by atoms with van der Waals surface area (Å²) in [6, 6.07) is 5.89. The van der Waals surface area contributed by atoms with E-state index in [0.717, 1.165) is 24.1 Å². The topological polar surface area (TPSA) is 50.1 Å². The third-order valence-corrected chi connectivity index (χ3v) is 3.52. The van der Waals surface area contributed by atoms with Crippen LogP contribution >= 0.6 is 11.3 Å². The Morgan fingerprint density at radius 2 is 2.26 bits per heavy atom. The zero-order chi connectivity index (χ0) is 14.3. The second-order valence-corrected chi connectivity index (χ2v) is 5.73. The molecular formula is C15H19NO2S. The highest BCUT2D eigenvalue weighted by Gasteiger charge is 2.12. The molecule has 0 atom stereocenters. The molecule has 102 valence electrons. The third kappa shape index (κ3) is 5.27. The number of hydrogen-bond acceptors (Lipinski definition) is 4. The molecule has 0 aromatic carbocycles. The van der Waals surface area contributed by atoms with Crippen LogP contribution in [0.15, 0.2) is 17.7 Å². The number of carbonyl (C=O) groups is 1. The number of nitriles is 1. The standard InChI is InChI=1S/C15H19NO2S/c1-4-5-6-13-7-8-14(19-13)9-12(10-16)15(17)18-11(2)3/h7-9,11H,4-6H2,1-3H3/b12-9+. The molecule has 0 aliphatic carbocycles. The van der Waals surface area contributed by atoms with E-state index in [1.807, 2.05) is 12.1 Å². The molecule has 0 fully saturated rings. The highest BCUT2D eigenvalue weighted by molar-refractivity contribution is 7.12. The number of carbonyl (C=O) groups excluding carboxylic acids is 1. The van der Waals surface area contributed by atoms with Crippen LogP contribution in [0.4, 0.5) is 0 Å². The molecule has 0 saturated heterocycles. The molecule has 1 rings (SSSR count). The number of ether oxygens (including phenoxy) is 1. The average molecular weight is 277 g/mol. The summed E-state index contributed by atoms with van der Waals surface area (Å²) in [6.45, 7) is 5.69. The number of thiophene rings is 1. The van der Waals surface area contributed by atoms with Crippen LogP contribution in [0.25, 0.3) is 6.08 Å². The van der Waals surface area contributed by atoms with Gasteiger partial charge in [-0.3, -0.25) is 0 Å².